The zero-order valence-corrected chi connectivity index (χ0v) is 12.4. The van der Waals surface area contributed by atoms with E-state index in [0.29, 0.717) is 12.0 Å². The molecule has 0 spiro atoms. The minimum atomic E-state index is -0.853. The predicted octanol–water partition coefficient (Wildman–Crippen LogP) is 3.66. The number of benzene rings is 2. The standard InChI is InChI=1S/C19H15FO3/c1-12-11-19(23-18(12)21,14-5-3-2-4-6-14)17-16(22-17)13-7-9-15(20)10-8-13/h2-10,16-17H,1,11H2. The van der Waals surface area contributed by atoms with Crippen molar-refractivity contribution in [3.05, 3.63) is 83.7 Å². The summed E-state index contributed by atoms with van der Waals surface area (Å²) in [6.07, 6.45) is -0.105. The van der Waals surface area contributed by atoms with Crippen molar-refractivity contribution in [3.8, 4) is 0 Å². The van der Waals surface area contributed by atoms with Gasteiger partial charge in [0.05, 0.1) is 0 Å². The maximum Gasteiger partial charge on any atom is 0.334 e. The number of carbonyl (C=O) groups is 1. The van der Waals surface area contributed by atoms with E-state index in [4.69, 9.17) is 9.47 Å². The van der Waals surface area contributed by atoms with E-state index in [2.05, 4.69) is 6.58 Å². The van der Waals surface area contributed by atoms with Crippen molar-refractivity contribution < 1.29 is 18.7 Å². The van der Waals surface area contributed by atoms with Crippen LogP contribution in [0.5, 0.6) is 0 Å². The van der Waals surface area contributed by atoms with Gasteiger partial charge in [-0.1, -0.05) is 49.0 Å². The molecule has 3 unspecified atom stereocenters. The molecule has 3 atom stereocenters. The number of esters is 1. The summed E-state index contributed by atoms with van der Waals surface area (Å²) in [5.74, 6) is -0.674. The Balaban J connectivity index is 1.70. The van der Waals surface area contributed by atoms with E-state index in [9.17, 15) is 9.18 Å². The van der Waals surface area contributed by atoms with Crippen LogP contribution in [0.2, 0.25) is 0 Å². The summed E-state index contributed by atoms with van der Waals surface area (Å²) < 4.78 is 24.6. The van der Waals surface area contributed by atoms with Crippen molar-refractivity contribution >= 4 is 5.97 Å². The first-order valence-corrected chi connectivity index (χ1v) is 7.48. The molecule has 2 aliphatic heterocycles. The number of ether oxygens (including phenoxy) is 2. The highest BCUT2D eigenvalue weighted by atomic mass is 19.1. The van der Waals surface area contributed by atoms with Gasteiger partial charge >= 0.3 is 5.97 Å². The van der Waals surface area contributed by atoms with Crippen molar-refractivity contribution in [1.82, 2.24) is 0 Å². The summed E-state index contributed by atoms with van der Waals surface area (Å²) in [6, 6.07) is 15.8. The van der Waals surface area contributed by atoms with Crippen LogP contribution >= 0.6 is 0 Å². The van der Waals surface area contributed by atoms with Crippen LogP contribution in [0.25, 0.3) is 0 Å². The predicted molar refractivity (Wildman–Crippen MR) is 82.0 cm³/mol. The molecule has 0 N–H and O–H groups in total. The van der Waals surface area contributed by atoms with Gasteiger partial charge in [0, 0.05) is 12.0 Å². The third-order valence-corrected chi connectivity index (χ3v) is 4.45. The van der Waals surface area contributed by atoms with Gasteiger partial charge < -0.3 is 9.47 Å². The molecular weight excluding hydrogens is 295 g/mol. The lowest BCUT2D eigenvalue weighted by Crippen LogP contribution is -2.32. The zero-order valence-electron chi connectivity index (χ0n) is 12.4. The Morgan fingerprint density at radius 2 is 1.78 bits per heavy atom. The average Bonchev–Trinajstić information content (AvgIpc) is 3.31. The Labute approximate surface area is 133 Å². The van der Waals surface area contributed by atoms with Crippen molar-refractivity contribution in [3.63, 3.8) is 0 Å². The maximum atomic E-state index is 13.1. The Hall–Kier alpha value is -2.46. The molecule has 0 bridgehead atoms. The van der Waals surface area contributed by atoms with Gasteiger partial charge in [-0.2, -0.15) is 0 Å². The number of epoxide rings is 1. The molecule has 2 heterocycles. The molecule has 2 aromatic rings. The van der Waals surface area contributed by atoms with Gasteiger partial charge in [0.25, 0.3) is 0 Å². The van der Waals surface area contributed by atoms with Crippen LogP contribution in [-0.4, -0.2) is 12.1 Å². The molecule has 0 radical (unpaired) electrons. The van der Waals surface area contributed by atoms with Crippen LogP contribution in [0, 0.1) is 5.82 Å². The highest BCUT2D eigenvalue weighted by Gasteiger charge is 2.61. The van der Waals surface area contributed by atoms with E-state index in [1.54, 1.807) is 12.1 Å². The van der Waals surface area contributed by atoms with Gasteiger partial charge in [0.15, 0.2) is 5.60 Å². The van der Waals surface area contributed by atoms with Gasteiger partial charge in [-0.15, -0.1) is 0 Å². The molecule has 3 nitrogen and oxygen atoms in total. The first kappa shape index (κ1) is 14.2. The molecule has 2 saturated heterocycles. The molecular formula is C19H15FO3. The Kier molecular flexibility index (Phi) is 3.10. The second-order valence-corrected chi connectivity index (χ2v) is 5.95. The Bertz CT molecular complexity index is 751. The Morgan fingerprint density at radius 1 is 1.09 bits per heavy atom. The van der Waals surface area contributed by atoms with E-state index >= 15 is 0 Å². The molecule has 0 amide bonds. The monoisotopic (exact) mass is 310 g/mol. The number of halogens is 1. The van der Waals surface area contributed by atoms with Gasteiger partial charge in [-0.3, -0.25) is 0 Å². The first-order valence-electron chi connectivity index (χ1n) is 7.48. The second-order valence-electron chi connectivity index (χ2n) is 5.95. The minimum absolute atomic E-state index is 0.213. The second kappa shape index (κ2) is 5.03. The molecule has 4 heteroatoms. The summed E-state index contributed by atoms with van der Waals surface area (Å²) in [6.45, 7) is 3.80. The summed E-state index contributed by atoms with van der Waals surface area (Å²) in [4.78, 5) is 12.0. The van der Waals surface area contributed by atoms with E-state index in [1.807, 2.05) is 30.3 Å². The normalized spacial score (nSPS) is 29.4. The Morgan fingerprint density at radius 3 is 2.39 bits per heavy atom. The van der Waals surface area contributed by atoms with Gasteiger partial charge in [-0.05, 0) is 23.3 Å². The van der Waals surface area contributed by atoms with Crippen LogP contribution in [0.15, 0.2) is 66.7 Å². The summed E-state index contributed by atoms with van der Waals surface area (Å²) in [5.41, 5.74) is 1.36. The number of rotatable bonds is 3. The fourth-order valence-electron chi connectivity index (χ4n) is 3.24. The fourth-order valence-corrected chi connectivity index (χ4v) is 3.24. The molecule has 2 aromatic carbocycles. The van der Waals surface area contributed by atoms with Gasteiger partial charge in [0.2, 0.25) is 0 Å². The van der Waals surface area contributed by atoms with Gasteiger partial charge in [0.1, 0.15) is 18.0 Å². The number of hydrogen-bond donors (Lipinski definition) is 0. The first-order chi connectivity index (χ1) is 11.1. The van der Waals surface area contributed by atoms with Gasteiger partial charge in [-0.25, -0.2) is 9.18 Å². The average molecular weight is 310 g/mol. The van der Waals surface area contributed by atoms with Crippen LogP contribution in [0.4, 0.5) is 4.39 Å². The summed E-state index contributed by atoms with van der Waals surface area (Å²) >= 11 is 0. The molecule has 4 rings (SSSR count). The molecule has 2 aliphatic rings. The van der Waals surface area contributed by atoms with E-state index in [0.717, 1.165) is 11.1 Å². The maximum absolute atomic E-state index is 13.1. The lowest BCUT2D eigenvalue weighted by atomic mass is 9.84. The summed E-state index contributed by atoms with van der Waals surface area (Å²) in [5, 5.41) is 0. The smallest absolute Gasteiger partial charge is 0.334 e. The largest absolute Gasteiger partial charge is 0.448 e. The van der Waals surface area contributed by atoms with Crippen molar-refractivity contribution in [2.24, 2.45) is 0 Å². The summed E-state index contributed by atoms with van der Waals surface area (Å²) in [7, 11) is 0. The van der Waals surface area contributed by atoms with E-state index < -0.39 is 5.60 Å². The van der Waals surface area contributed by atoms with Crippen molar-refractivity contribution in [2.75, 3.05) is 0 Å². The fraction of sp³-hybridized carbons (Fsp3) is 0.211. The van der Waals surface area contributed by atoms with Crippen molar-refractivity contribution in [1.29, 1.82) is 0 Å². The lowest BCUT2D eigenvalue weighted by Gasteiger charge is -2.26. The molecule has 0 aliphatic carbocycles. The SMILES string of the molecule is C=C1CC(c2ccccc2)(C2OC2c2ccc(F)cc2)OC1=O. The third-order valence-electron chi connectivity index (χ3n) is 4.45. The van der Waals surface area contributed by atoms with Crippen LogP contribution in [0.1, 0.15) is 23.7 Å². The topological polar surface area (TPSA) is 38.8 Å². The molecule has 0 saturated carbocycles. The molecule has 2 fully saturated rings. The third kappa shape index (κ3) is 2.26. The minimum Gasteiger partial charge on any atom is -0.448 e. The van der Waals surface area contributed by atoms with E-state index in [-0.39, 0.29) is 24.0 Å². The van der Waals surface area contributed by atoms with Crippen LogP contribution in [-0.2, 0) is 19.9 Å². The number of carbonyl (C=O) groups excluding carboxylic acids is 1. The molecule has 116 valence electrons. The highest BCUT2D eigenvalue weighted by Crippen LogP contribution is 2.55. The zero-order chi connectivity index (χ0) is 16.0. The van der Waals surface area contributed by atoms with Crippen molar-refractivity contribution in [2.45, 2.75) is 24.2 Å². The lowest BCUT2D eigenvalue weighted by molar-refractivity contribution is -0.149. The van der Waals surface area contributed by atoms with E-state index in [1.165, 1.54) is 12.1 Å². The molecule has 23 heavy (non-hydrogen) atoms. The van der Waals surface area contributed by atoms with Crippen LogP contribution in [0.3, 0.4) is 0 Å². The highest BCUT2D eigenvalue weighted by molar-refractivity contribution is 5.91. The molecule has 0 aromatic heterocycles. The number of cyclic esters (lactones) is 1. The quantitative estimate of drug-likeness (QED) is 0.493. The van der Waals surface area contributed by atoms with Crippen LogP contribution < -0.4 is 0 Å². The number of hydrogen-bond acceptors (Lipinski definition) is 3.